The molecule has 96 valence electrons. The highest BCUT2D eigenvalue weighted by Crippen LogP contribution is 2.29. The molecular formula is C16H14O2S. The van der Waals surface area contributed by atoms with Crippen LogP contribution in [0.3, 0.4) is 0 Å². The van der Waals surface area contributed by atoms with Gasteiger partial charge in [-0.1, -0.05) is 24.3 Å². The van der Waals surface area contributed by atoms with Crippen molar-refractivity contribution in [2.24, 2.45) is 0 Å². The third-order valence-corrected chi connectivity index (χ3v) is 4.21. The standard InChI is InChI=1S/C16H14O2S/c1-11-14(17)6-4-7-15(11)18-9-12-10-19-16-8-3-2-5-13(12)16/h2-8,10,17H,9H2,1H3. The SMILES string of the molecule is Cc1c(O)cccc1OCc1csc2ccccc12. The Labute approximate surface area is 115 Å². The smallest absolute Gasteiger partial charge is 0.126 e. The van der Waals surface area contributed by atoms with Gasteiger partial charge < -0.3 is 9.84 Å². The zero-order chi connectivity index (χ0) is 13.2. The Morgan fingerprint density at radius 1 is 1.11 bits per heavy atom. The van der Waals surface area contributed by atoms with Crippen molar-refractivity contribution < 1.29 is 9.84 Å². The monoisotopic (exact) mass is 270 g/mol. The van der Waals surface area contributed by atoms with E-state index in [0.29, 0.717) is 6.61 Å². The average molecular weight is 270 g/mol. The minimum atomic E-state index is 0.271. The summed E-state index contributed by atoms with van der Waals surface area (Å²) in [7, 11) is 0. The van der Waals surface area contributed by atoms with Crippen LogP contribution in [0.2, 0.25) is 0 Å². The maximum Gasteiger partial charge on any atom is 0.126 e. The maximum absolute atomic E-state index is 9.65. The molecule has 0 aliphatic rings. The van der Waals surface area contributed by atoms with Gasteiger partial charge in [0.1, 0.15) is 18.1 Å². The second kappa shape index (κ2) is 4.94. The van der Waals surface area contributed by atoms with E-state index < -0.39 is 0 Å². The normalized spacial score (nSPS) is 10.8. The van der Waals surface area contributed by atoms with Crippen molar-refractivity contribution in [3.05, 3.63) is 59.0 Å². The van der Waals surface area contributed by atoms with Crippen molar-refractivity contribution in [1.29, 1.82) is 0 Å². The molecule has 0 radical (unpaired) electrons. The molecule has 1 N–H and O–H groups in total. The summed E-state index contributed by atoms with van der Waals surface area (Å²) >= 11 is 1.73. The van der Waals surface area contributed by atoms with Gasteiger partial charge in [-0.05, 0) is 35.9 Å². The van der Waals surface area contributed by atoms with E-state index >= 15 is 0 Å². The lowest BCUT2D eigenvalue weighted by Crippen LogP contribution is -1.96. The van der Waals surface area contributed by atoms with Gasteiger partial charge in [0.05, 0.1) is 0 Å². The van der Waals surface area contributed by atoms with E-state index in [2.05, 4.69) is 17.5 Å². The number of fused-ring (bicyclic) bond motifs is 1. The van der Waals surface area contributed by atoms with Gasteiger partial charge in [0.25, 0.3) is 0 Å². The number of thiophene rings is 1. The van der Waals surface area contributed by atoms with Gasteiger partial charge in [-0.2, -0.15) is 0 Å². The molecule has 0 saturated carbocycles. The van der Waals surface area contributed by atoms with Crippen molar-refractivity contribution in [2.75, 3.05) is 0 Å². The lowest BCUT2D eigenvalue weighted by atomic mass is 10.2. The Balaban J connectivity index is 1.84. The summed E-state index contributed by atoms with van der Waals surface area (Å²) < 4.78 is 7.09. The summed E-state index contributed by atoms with van der Waals surface area (Å²) in [4.78, 5) is 0. The van der Waals surface area contributed by atoms with Crippen LogP contribution in [0.1, 0.15) is 11.1 Å². The van der Waals surface area contributed by atoms with E-state index in [0.717, 1.165) is 11.3 Å². The van der Waals surface area contributed by atoms with E-state index in [1.807, 2.05) is 25.1 Å². The van der Waals surface area contributed by atoms with Gasteiger partial charge in [-0.15, -0.1) is 11.3 Å². The first kappa shape index (κ1) is 12.1. The highest BCUT2D eigenvalue weighted by atomic mass is 32.1. The highest BCUT2D eigenvalue weighted by molar-refractivity contribution is 7.17. The molecular weight excluding hydrogens is 256 g/mol. The topological polar surface area (TPSA) is 29.5 Å². The van der Waals surface area contributed by atoms with Crippen LogP contribution < -0.4 is 4.74 Å². The predicted octanol–water partition coefficient (Wildman–Crippen LogP) is 4.49. The molecule has 0 unspecified atom stereocenters. The van der Waals surface area contributed by atoms with Crippen LogP contribution in [0.5, 0.6) is 11.5 Å². The lowest BCUT2D eigenvalue weighted by Gasteiger charge is -2.09. The van der Waals surface area contributed by atoms with E-state index in [-0.39, 0.29) is 5.75 Å². The molecule has 2 aromatic carbocycles. The molecule has 19 heavy (non-hydrogen) atoms. The maximum atomic E-state index is 9.65. The Morgan fingerprint density at radius 2 is 1.95 bits per heavy atom. The van der Waals surface area contributed by atoms with Gasteiger partial charge in [0, 0.05) is 15.8 Å². The number of ether oxygens (including phenoxy) is 1. The van der Waals surface area contributed by atoms with E-state index in [9.17, 15) is 5.11 Å². The summed E-state index contributed by atoms with van der Waals surface area (Å²) in [5.41, 5.74) is 1.96. The van der Waals surface area contributed by atoms with Gasteiger partial charge in [-0.25, -0.2) is 0 Å². The molecule has 1 heterocycles. The van der Waals surface area contributed by atoms with Gasteiger partial charge >= 0.3 is 0 Å². The minimum absolute atomic E-state index is 0.271. The van der Waals surface area contributed by atoms with Crippen LogP contribution in [0.15, 0.2) is 47.8 Å². The molecule has 2 nitrogen and oxygen atoms in total. The number of aromatic hydroxyl groups is 1. The number of benzene rings is 2. The molecule has 3 heteroatoms. The number of hydrogen-bond donors (Lipinski definition) is 1. The van der Waals surface area contributed by atoms with E-state index in [1.54, 1.807) is 23.5 Å². The molecule has 0 atom stereocenters. The van der Waals surface area contributed by atoms with Crippen LogP contribution in [-0.4, -0.2) is 5.11 Å². The second-order valence-corrected chi connectivity index (χ2v) is 5.36. The first-order valence-corrected chi connectivity index (χ1v) is 7.00. The van der Waals surface area contributed by atoms with Gasteiger partial charge in [0.15, 0.2) is 0 Å². The molecule has 0 bridgehead atoms. The van der Waals surface area contributed by atoms with Crippen LogP contribution in [0.4, 0.5) is 0 Å². The molecule has 1 aromatic heterocycles. The Hall–Kier alpha value is -2.00. The Kier molecular flexibility index (Phi) is 3.13. The predicted molar refractivity (Wildman–Crippen MR) is 79.0 cm³/mol. The molecule has 3 rings (SSSR count). The zero-order valence-electron chi connectivity index (χ0n) is 10.6. The van der Waals surface area contributed by atoms with Crippen LogP contribution >= 0.6 is 11.3 Å². The molecule has 0 saturated heterocycles. The minimum Gasteiger partial charge on any atom is -0.508 e. The highest BCUT2D eigenvalue weighted by Gasteiger charge is 2.07. The van der Waals surface area contributed by atoms with Crippen molar-refractivity contribution in [3.63, 3.8) is 0 Å². The Morgan fingerprint density at radius 3 is 2.84 bits per heavy atom. The first-order valence-electron chi connectivity index (χ1n) is 6.12. The lowest BCUT2D eigenvalue weighted by molar-refractivity contribution is 0.303. The summed E-state index contributed by atoms with van der Waals surface area (Å²) in [6.45, 7) is 2.38. The van der Waals surface area contributed by atoms with Crippen molar-refractivity contribution in [2.45, 2.75) is 13.5 Å². The number of phenolic OH excluding ortho intramolecular Hbond substituents is 1. The van der Waals surface area contributed by atoms with Gasteiger partial charge in [-0.3, -0.25) is 0 Å². The molecule has 0 spiro atoms. The van der Waals surface area contributed by atoms with Crippen molar-refractivity contribution in [1.82, 2.24) is 0 Å². The zero-order valence-corrected chi connectivity index (χ0v) is 11.4. The molecule has 0 fully saturated rings. The summed E-state index contributed by atoms with van der Waals surface area (Å²) in [6.07, 6.45) is 0. The summed E-state index contributed by atoms with van der Waals surface area (Å²) in [5, 5.41) is 13.0. The Bertz CT molecular complexity index is 716. The summed E-state index contributed by atoms with van der Waals surface area (Å²) in [6, 6.07) is 13.7. The van der Waals surface area contributed by atoms with Crippen LogP contribution in [0, 0.1) is 6.92 Å². The second-order valence-electron chi connectivity index (χ2n) is 4.45. The fourth-order valence-corrected chi connectivity index (χ4v) is 3.01. The molecule has 0 aliphatic carbocycles. The quantitative estimate of drug-likeness (QED) is 0.759. The van der Waals surface area contributed by atoms with Crippen molar-refractivity contribution >= 4 is 21.4 Å². The average Bonchev–Trinajstić information content (AvgIpc) is 2.84. The van der Waals surface area contributed by atoms with Crippen molar-refractivity contribution in [3.8, 4) is 11.5 Å². The molecule has 0 aliphatic heterocycles. The number of hydrogen-bond acceptors (Lipinski definition) is 3. The summed E-state index contributed by atoms with van der Waals surface area (Å²) in [5.74, 6) is 1.00. The number of rotatable bonds is 3. The third kappa shape index (κ3) is 2.29. The van der Waals surface area contributed by atoms with E-state index in [4.69, 9.17) is 4.74 Å². The van der Waals surface area contributed by atoms with Crippen LogP contribution in [-0.2, 0) is 6.61 Å². The fourth-order valence-electron chi connectivity index (χ4n) is 2.06. The largest absolute Gasteiger partial charge is 0.508 e. The molecule has 0 amide bonds. The first-order chi connectivity index (χ1) is 9.25. The number of phenols is 1. The fraction of sp³-hybridized carbons (Fsp3) is 0.125. The van der Waals surface area contributed by atoms with E-state index in [1.165, 1.54) is 15.6 Å². The van der Waals surface area contributed by atoms with Gasteiger partial charge in [0.2, 0.25) is 0 Å². The third-order valence-electron chi connectivity index (χ3n) is 3.20. The molecule has 3 aromatic rings. The van der Waals surface area contributed by atoms with Crippen LogP contribution in [0.25, 0.3) is 10.1 Å².